The molecule has 116 valence electrons. The molecular formula is C15H19N5OS. The van der Waals surface area contributed by atoms with Crippen LogP contribution in [0.5, 0.6) is 0 Å². The van der Waals surface area contributed by atoms with Crippen LogP contribution in [0.4, 0.5) is 5.82 Å². The second-order valence-corrected chi connectivity index (χ2v) is 7.32. The van der Waals surface area contributed by atoms with E-state index in [0.717, 1.165) is 43.7 Å². The van der Waals surface area contributed by atoms with Crippen LogP contribution in [0.1, 0.15) is 35.1 Å². The van der Waals surface area contributed by atoms with E-state index >= 15 is 0 Å². The quantitative estimate of drug-likeness (QED) is 0.829. The number of nitrogens with zero attached hydrogens (tertiary/aromatic N) is 3. The number of aromatic amines is 1. The Bertz CT molecular complexity index is 759. The third kappa shape index (κ3) is 1.99. The van der Waals surface area contributed by atoms with Gasteiger partial charge in [-0.05, 0) is 31.6 Å². The molecule has 0 bridgehead atoms. The molecule has 4 rings (SSSR count). The highest BCUT2D eigenvalue weighted by Crippen LogP contribution is 2.51. The first-order valence-corrected chi connectivity index (χ1v) is 8.46. The molecule has 1 aliphatic carbocycles. The summed E-state index contributed by atoms with van der Waals surface area (Å²) in [5, 5.41) is 0. The summed E-state index contributed by atoms with van der Waals surface area (Å²) in [6, 6.07) is 0.0279. The van der Waals surface area contributed by atoms with Crippen molar-refractivity contribution in [1.29, 1.82) is 0 Å². The maximum Gasteiger partial charge on any atom is 0.291 e. The summed E-state index contributed by atoms with van der Waals surface area (Å²) in [5.74, 6) is 0.528. The van der Waals surface area contributed by atoms with Crippen LogP contribution in [0.3, 0.4) is 0 Å². The van der Waals surface area contributed by atoms with Crippen LogP contribution in [0.25, 0.3) is 0 Å². The van der Waals surface area contributed by atoms with E-state index in [-0.39, 0.29) is 17.0 Å². The van der Waals surface area contributed by atoms with Crippen molar-refractivity contribution in [3.05, 3.63) is 38.3 Å². The van der Waals surface area contributed by atoms with Gasteiger partial charge in [-0.2, -0.15) is 0 Å². The molecule has 2 aromatic rings. The van der Waals surface area contributed by atoms with Crippen LogP contribution < -0.4 is 16.2 Å². The molecule has 1 unspecified atom stereocenters. The third-order valence-corrected chi connectivity index (χ3v) is 5.94. The fourth-order valence-corrected chi connectivity index (χ4v) is 4.71. The number of hydrogen-bond acceptors (Lipinski definition) is 6. The lowest BCUT2D eigenvalue weighted by molar-refractivity contribution is 0.186. The third-order valence-electron chi connectivity index (χ3n) is 5.09. The molecule has 3 heterocycles. The number of thiazole rings is 1. The molecule has 0 radical (unpaired) electrons. The number of fused-ring (bicyclic) bond motifs is 1. The number of hydrogen-bond donors (Lipinski definition) is 2. The Morgan fingerprint density at radius 1 is 1.41 bits per heavy atom. The van der Waals surface area contributed by atoms with Crippen LogP contribution in [-0.2, 0) is 6.42 Å². The minimum absolute atomic E-state index is 0.0279. The van der Waals surface area contributed by atoms with E-state index in [2.05, 4.69) is 19.9 Å². The molecule has 6 nitrogen and oxygen atoms in total. The number of piperidine rings is 1. The van der Waals surface area contributed by atoms with E-state index in [4.69, 9.17) is 5.73 Å². The molecule has 22 heavy (non-hydrogen) atoms. The summed E-state index contributed by atoms with van der Waals surface area (Å²) >= 11 is 1.71. The van der Waals surface area contributed by atoms with Gasteiger partial charge in [0.1, 0.15) is 0 Å². The van der Waals surface area contributed by atoms with Gasteiger partial charge in [-0.25, -0.2) is 9.97 Å². The van der Waals surface area contributed by atoms with Crippen molar-refractivity contribution in [1.82, 2.24) is 15.0 Å². The monoisotopic (exact) mass is 317 g/mol. The second-order valence-electron chi connectivity index (χ2n) is 6.38. The smallest absolute Gasteiger partial charge is 0.291 e. The molecule has 0 aromatic carbocycles. The van der Waals surface area contributed by atoms with Gasteiger partial charge < -0.3 is 15.6 Å². The van der Waals surface area contributed by atoms with Gasteiger partial charge in [0, 0.05) is 29.9 Å². The molecular weight excluding hydrogens is 298 g/mol. The maximum atomic E-state index is 12.1. The lowest BCUT2D eigenvalue weighted by Gasteiger charge is -2.42. The minimum atomic E-state index is -0.104. The molecule has 0 saturated carbocycles. The van der Waals surface area contributed by atoms with E-state index < -0.39 is 0 Å². The summed E-state index contributed by atoms with van der Waals surface area (Å²) in [6.45, 7) is 3.48. The minimum Gasteiger partial charge on any atom is -0.352 e. The van der Waals surface area contributed by atoms with Crippen LogP contribution in [0.2, 0.25) is 0 Å². The number of aryl methyl sites for hydroxylation is 1. The van der Waals surface area contributed by atoms with Crippen molar-refractivity contribution in [2.24, 2.45) is 11.1 Å². The standard InChI is InChI=1S/C15H19N5OS/c1-9-7-17-13(14(21)19-9)20-4-2-15(3-5-20)6-10-11(12(15)16)18-8-22-10/h7-8,12H,2-6,16H2,1H3,(H,19,21). The van der Waals surface area contributed by atoms with Crippen molar-refractivity contribution in [3.63, 3.8) is 0 Å². The molecule has 0 amide bonds. The highest BCUT2D eigenvalue weighted by Gasteiger charge is 2.47. The van der Waals surface area contributed by atoms with E-state index in [1.54, 1.807) is 17.5 Å². The van der Waals surface area contributed by atoms with Crippen LogP contribution >= 0.6 is 11.3 Å². The zero-order chi connectivity index (χ0) is 15.3. The predicted octanol–water partition coefficient (Wildman–Crippen LogP) is 1.38. The maximum absolute atomic E-state index is 12.1. The molecule has 1 spiro atoms. The molecule has 2 aliphatic rings. The predicted molar refractivity (Wildman–Crippen MR) is 86.2 cm³/mol. The van der Waals surface area contributed by atoms with Gasteiger partial charge in [0.15, 0.2) is 5.82 Å². The number of rotatable bonds is 1. The zero-order valence-corrected chi connectivity index (χ0v) is 13.3. The van der Waals surface area contributed by atoms with E-state index in [1.807, 2.05) is 12.4 Å². The average Bonchev–Trinajstić information content (AvgIpc) is 3.04. The number of aromatic nitrogens is 3. The summed E-state index contributed by atoms with van der Waals surface area (Å²) in [6.07, 6.45) is 4.70. The molecule has 1 aliphatic heterocycles. The van der Waals surface area contributed by atoms with Crippen molar-refractivity contribution < 1.29 is 0 Å². The van der Waals surface area contributed by atoms with Crippen LogP contribution in [0, 0.1) is 12.3 Å². The Balaban J connectivity index is 1.54. The number of anilines is 1. The Morgan fingerprint density at radius 3 is 2.86 bits per heavy atom. The highest BCUT2D eigenvalue weighted by atomic mass is 32.1. The molecule has 3 N–H and O–H groups in total. The highest BCUT2D eigenvalue weighted by molar-refractivity contribution is 7.09. The number of nitrogens with one attached hydrogen (secondary N) is 1. The largest absolute Gasteiger partial charge is 0.352 e. The summed E-state index contributed by atoms with van der Waals surface area (Å²) in [7, 11) is 0. The van der Waals surface area contributed by atoms with Crippen molar-refractivity contribution in [2.45, 2.75) is 32.2 Å². The van der Waals surface area contributed by atoms with Gasteiger partial charge in [-0.15, -0.1) is 11.3 Å². The van der Waals surface area contributed by atoms with Gasteiger partial charge >= 0.3 is 0 Å². The van der Waals surface area contributed by atoms with Crippen LogP contribution in [-0.4, -0.2) is 28.0 Å². The van der Waals surface area contributed by atoms with Crippen molar-refractivity contribution in [2.75, 3.05) is 18.0 Å². The lowest BCUT2D eigenvalue weighted by atomic mass is 9.73. The number of nitrogens with two attached hydrogens (primary N) is 1. The van der Waals surface area contributed by atoms with E-state index in [9.17, 15) is 4.79 Å². The normalized spacial score (nSPS) is 23.0. The molecule has 7 heteroatoms. The summed E-state index contributed by atoms with van der Waals surface area (Å²) < 4.78 is 0. The SMILES string of the molecule is Cc1cnc(N2CCC3(CC2)Cc2scnc2C3N)c(=O)[nH]1. The molecule has 1 fully saturated rings. The first-order chi connectivity index (χ1) is 10.6. The molecule has 1 saturated heterocycles. The molecule has 2 aromatic heterocycles. The Morgan fingerprint density at radius 2 is 2.18 bits per heavy atom. The van der Waals surface area contributed by atoms with Crippen molar-refractivity contribution in [3.8, 4) is 0 Å². The van der Waals surface area contributed by atoms with Gasteiger partial charge in [-0.1, -0.05) is 0 Å². The zero-order valence-electron chi connectivity index (χ0n) is 12.5. The fraction of sp³-hybridized carbons (Fsp3) is 0.533. The summed E-state index contributed by atoms with van der Waals surface area (Å²) in [4.78, 5) is 27.1. The summed E-state index contributed by atoms with van der Waals surface area (Å²) in [5.41, 5.74) is 10.3. The first-order valence-electron chi connectivity index (χ1n) is 7.58. The molecule has 1 atom stereocenters. The van der Waals surface area contributed by atoms with Gasteiger partial charge in [0.05, 0.1) is 17.2 Å². The Kier molecular flexibility index (Phi) is 3.09. The lowest BCUT2D eigenvalue weighted by Crippen LogP contribution is -2.46. The van der Waals surface area contributed by atoms with Crippen LogP contribution in [0.15, 0.2) is 16.5 Å². The topological polar surface area (TPSA) is 87.9 Å². The van der Waals surface area contributed by atoms with Gasteiger partial charge in [-0.3, -0.25) is 4.79 Å². The van der Waals surface area contributed by atoms with E-state index in [1.165, 1.54) is 4.88 Å². The van der Waals surface area contributed by atoms with Gasteiger partial charge in [0.25, 0.3) is 5.56 Å². The number of H-pyrrole nitrogens is 1. The Labute approximate surface area is 132 Å². The fourth-order valence-electron chi connectivity index (χ4n) is 3.75. The van der Waals surface area contributed by atoms with Crippen molar-refractivity contribution >= 4 is 17.2 Å². The first kappa shape index (κ1) is 13.9. The average molecular weight is 317 g/mol. The second kappa shape index (κ2) is 4.89. The van der Waals surface area contributed by atoms with Gasteiger partial charge in [0.2, 0.25) is 0 Å². The van der Waals surface area contributed by atoms with E-state index in [0.29, 0.717) is 5.82 Å². The Hall–Kier alpha value is -1.73.